The zero-order valence-corrected chi connectivity index (χ0v) is 17.4. The van der Waals surface area contributed by atoms with Crippen molar-refractivity contribution in [2.24, 2.45) is 0 Å². The number of rotatable bonds is 10. The van der Waals surface area contributed by atoms with Crippen molar-refractivity contribution in [3.8, 4) is 0 Å². The Hall–Kier alpha value is -0.543. The Morgan fingerprint density at radius 3 is 2.16 bits per heavy atom. The molecule has 0 spiro atoms. The second-order valence-electron chi connectivity index (χ2n) is 7.82. The fourth-order valence-corrected chi connectivity index (χ4v) is 9.72. The summed E-state index contributed by atoms with van der Waals surface area (Å²) in [6.45, 7) is 13.9. The van der Waals surface area contributed by atoms with E-state index in [1.165, 1.54) is 0 Å². The normalized spacial score (nSPS) is 21.8. The number of aliphatic hydroxyl groups is 1. The van der Waals surface area contributed by atoms with Crippen molar-refractivity contribution in [1.82, 2.24) is 0 Å². The lowest BCUT2D eigenvalue weighted by Gasteiger charge is -2.42. The Morgan fingerprint density at radius 1 is 1.20 bits per heavy atom. The molecule has 1 heterocycles. The van der Waals surface area contributed by atoms with Crippen LogP contribution in [0.25, 0.3) is 0 Å². The number of aliphatic hydroxyl groups excluding tert-OH is 1. The van der Waals surface area contributed by atoms with Gasteiger partial charge in [-0.1, -0.05) is 41.5 Å². The van der Waals surface area contributed by atoms with Gasteiger partial charge in [-0.3, -0.25) is 10.1 Å². The Kier molecular flexibility index (Phi) is 8.97. The first-order valence-electron chi connectivity index (χ1n) is 9.29. The molecular weight excluding hydrogens is 342 g/mol. The van der Waals surface area contributed by atoms with E-state index in [2.05, 4.69) is 41.5 Å². The molecule has 0 amide bonds. The van der Waals surface area contributed by atoms with Gasteiger partial charge < -0.3 is 19.0 Å². The summed E-state index contributed by atoms with van der Waals surface area (Å²) < 4.78 is 16.8. The van der Waals surface area contributed by atoms with Gasteiger partial charge in [-0.2, -0.15) is 0 Å². The lowest BCUT2D eigenvalue weighted by atomic mass is 10.0. The van der Waals surface area contributed by atoms with Gasteiger partial charge in [0.15, 0.2) is 8.32 Å². The van der Waals surface area contributed by atoms with Gasteiger partial charge in [0, 0.05) is 18.0 Å². The monoisotopic (exact) mass is 377 g/mol. The molecule has 3 atom stereocenters. The van der Waals surface area contributed by atoms with Crippen LogP contribution in [0.1, 0.15) is 54.4 Å². The molecular formula is C17H35NO6Si. The second-order valence-corrected chi connectivity index (χ2v) is 13.3. The third-order valence-electron chi connectivity index (χ3n) is 5.43. The van der Waals surface area contributed by atoms with Crippen LogP contribution in [0.15, 0.2) is 0 Å². The van der Waals surface area contributed by atoms with E-state index in [-0.39, 0.29) is 13.2 Å². The zero-order chi connectivity index (χ0) is 19.2. The van der Waals surface area contributed by atoms with Crippen LogP contribution in [0, 0.1) is 10.1 Å². The van der Waals surface area contributed by atoms with Crippen LogP contribution in [0.3, 0.4) is 0 Å². The highest BCUT2D eigenvalue weighted by atomic mass is 28.4. The first-order chi connectivity index (χ1) is 11.6. The minimum atomic E-state index is -2.06. The second kappa shape index (κ2) is 9.96. The van der Waals surface area contributed by atoms with Crippen molar-refractivity contribution in [3.05, 3.63) is 10.1 Å². The van der Waals surface area contributed by atoms with Gasteiger partial charge in [0.1, 0.15) is 12.9 Å². The van der Waals surface area contributed by atoms with Gasteiger partial charge in [0.25, 0.3) is 0 Å². The molecule has 8 heteroatoms. The lowest BCUT2D eigenvalue weighted by Crippen LogP contribution is -2.50. The average Bonchev–Trinajstić information content (AvgIpc) is 2.53. The number of hydrogen-bond donors (Lipinski definition) is 1. The molecule has 7 nitrogen and oxygen atoms in total. The molecule has 0 saturated carbocycles. The molecule has 0 aromatic rings. The van der Waals surface area contributed by atoms with Gasteiger partial charge in [0.2, 0.25) is 6.04 Å². The van der Waals surface area contributed by atoms with Gasteiger partial charge in [-0.05, 0) is 23.0 Å². The van der Waals surface area contributed by atoms with E-state index >= 15 is 0 Å². The van der Waals surface area contributed by atoms with Crippen molar-refractivity contribution >= 4 is 8.32 Å². The Bertz CT molecular complexity index is 390. The molecule has 0 aliphatic carbocycles. The third kappa shape index (κ3) is 5.46. The number of hydrogen-bond acceptors (Lipinski definition) is 6. The number of nitro groups is 1. The van der Waals surface area contributed by atoms with Crippen LogP contribution >= 0.6 is 0 Å². The summed E-state index contributed by atoms with van der Waals surface area (Å²) in [6, 6.07) is -1.08. The molecule has 1 aliphatic heterocycles. The molecule has 0 bridgehead atoms. The van der Waals surface area contributed by atoms with Crippen LogP contribution < -0.4 is 0 Å². The zero-order valence-electron chi connectivity index (χ0n) is 16.4. The molecule has 1 N–H and O–H groups in total. The SMILES string of the molecule is CC(C)[Si](OCCC(C(O)[C@@H]1CCOCO1)[N+](=O)[O-])(C(C)C)C(C)C. The molecule has 1 fully saturated rings. The molecule has 1 saturated heterocycles. The summed E-state index contributed by atoms with van der Waals surface area (Å²) in [5.74, 6) is 0. The highest BCUT2D eigenvalue weighted by molar-refractivity contribution is 6.77. The van der Waals surface area contributed by atoms with Crippen molar-refractivity contribution in [1.29, 1.82) is 0 Å². The quantitative estimate of drug-likeness (QED) is 0.357. The summed E-state index contributed by atoms with van der Waals surface area (Å²) in [4.78, 5) is 11.0. The van der Waals surface area contributed by atoms with Crippen molar-refractivity contribution in [2.45, 2.75) is 89.3 Å². The summed E-state index contributed by atoms with van der Waals surface area (Å²) in [5.41, 5.74) is 1.26. The fraction of sp³-hybridized carbons (Fsp3) is 1.00. The van der Waals surface area contributed by atoms with Crippen LogP contribution in [0.4, 0.5) is 0 Å². The highest BCUT2D eigenvalue weighted by Gasteiger charge is 2.46. The minimum Gasteiger partial charge on any atom is -0.416 e. The highest BCUT2D eigenvalue weighted by Crippen LogP contribution is 2.42. The fourth-order valence-electron chi connectivity index (χ4n) is 4.25. The van der Waals surface area contributed by atoms with Crippen LogP contribution in [0.5, 0.6) is 0 Å². The predicted octanol–water partition coefficient (Wildman–Crippen LogP) is 3.34. The van der Waals surface area contributed by atoms with Gasteiger partial charge in [-0.15, -0.1) is 0 Å². The number of nitrogens with zero attached hydrogens (tertiary/aromatic N) is 1. The molecule has 0 radical (unpaired) electrons. The van der Waals surface area contributed by atoms with E-state index in [4.69, 9.17) is 13.9 Å². The van der Waals surface area contributed by atoms with Crippen LogP contribution in [0.2, 0.25) is 16.6 Å². The Morgan fingerprint density at radius 2 is 1.76 bits per heavy atom. The van der Waals surface area contributed by atoms with E-state index in [1.54, 1.807) is 0 Å². The summed E-state index contributed by atoms with van der Waals surface area (Å²) in [7, 11) is -2.06. The first-order valence-corrected chi connectivity index (χ1v) is 11.4. The standard InChI is InChI=1S/C17H35NO6Si/c1-12(2)25(13(3)4,14(5)6)24-10-7-15(18(20)21)17(19)16-8-9-22-11-23-16/h12-17,19H,7-11H2,1-6H3/t15?,16-,17?/m0/s1. The Labute approximate surface area is 152 Å². The third-order valence-corrected chi connectivity index (χ3v) is 11.5. The van der Waals surface area contributed by atoms with Crippen molar-refractivity contribution < 1.29 is 23.9 Å². The topological polar surface area (TPSA) is 91.1 Å². The average molecular weight is 378 g/mol. The van der Waals surface area contributed by atoms with Crippen molar-refractivity contribution in [2.75, 3.05) is 20.0 Å². The molecule has 1 aliphatic rings. The summed E-state index contributed by atoms with van der Waals surface area (Å²) in [6.07, 6.45) is -1.03. The largest absolute Gasteiger partial charge is 0.416 e. The molecule has 0 aromatic carbocycles. The number of ether oxygens (including phenoxy) is 2. The van der Waals surface area contributed by atoms with Gasteiger partial charge in [-0.25, -0.2) is 0 Å². The van der Waals surface area contributed by atoms with E-state index in [0.29, 0.717) is 36.3 Å². The van der Waals surface area contributed by atoms with Gasteiger partial charge in [0.05, 0.1) is 12.7 Å². The maximum absolute atomic E-state index is 11.5. The summed E-state index contributed by atoms with van der Waals surface area (Å²) >= 11 is 0. The Balaban J connectivity index is 2.74. The molecule has 2 unspecified atom stereocenters. The first kappa shape index (κ1) is 22.5. The minimum absolute atomic E-state index is 0.0761. The maximum Gasteiger partial charge on any atom is 0.243 e. The van der Waals surface area contributed by atoms with E-state index < -0.39 is 31.5 Å². The molecule has 148 valence electrons. The predicted molar refractivity (Wildman–Crippen MR) is 98.7 cm³/mol. The van der Waals surface area contributed by atoms with Crippen molar-refractivity contribution in [3.63, 3.8) is 0 Å². The molecule has 1 rings (SSSR count). The maximum atomic E-state index is 11.5. The van der Waals surface area contributed by atoms with E-state index in [0.717, 1.165) is 0 Å². The van der Waals surface area contributed by atoms with E-state index in [1.807, 2.05) is 0 Å². The molecule has 0 aromatic heterocycles. The smallest absolute Gasteiger partial charge is 0.243 e. The lowest BCUT2D eigenvalue weighted by molar-refractivity contribution is -0.539. The molecule has 25 heavy (non-hydrogen) atoms. The van der Waals surface area contributed by atoms with E-state index in [9.17, 15) is 15.2 Å². The van der Waals surface area contributed by atoms with Crippen LogP contribution in [-0.4, -0.2) is 56.6 Å². The van der Waals surface area contributed by atoms with Crippen LogP contribution in [-0.2, 0) is 13.9 Å². The van der Waals surface area contributed by atoms with Gasteiger partial charge >= 0.3 is 0 Å². The summed E-state index contributed by atoms with van der Waals surface area (Å²) in [5, 5.41) is 21.8.